The van der Waals surface area contributed by atoms with Gasteiger partial charge in [0.1, 0.15) is 10.6 Å². The average Bonchev–Trinajstić information content (AvgIpc) is 2.20. The second kappa shape index (κ2) is 4.93. The van der Waals surface area contributed by atoms with Crippen molar-refractivity contribution in [2.24, 2.45) is 0 Å². The van der Waals surface area contributed by atoms with E-state index < -0.39 is 4.92 Å². The Bertz CT molecular complexity index is 434. The van der Waals surface area contributed by atoms with E-state index in [2.05, 4.69) is 4.98 Å². The van der Waals surface area contributed by atoms with E-state index in [1.165, 1.54) is 11.0 Å². The first-order valence-corrected chi connectivity index (χ1v) is 5.24. The van der Waals surface area contributed by atoms with E-state index in [1.807, 2.05) is 0 Å². The minimum atomic E-state index is -0.585. The van der Waals surface area contributed by atoms with Crippen molar-refractivity contribution in [3.63, 3.8) is 0 Å². The molecule has 0 atom stereocenters. The van der Waals surface area contributed by atoms with Crippen molar-refractivity contribution < 1.29 is 9.72 Å². The number of aryl methyl sites for hydroxylation is 1. The van der Waals surface area contributed by atoms with Crippen molar-refractivity contribution in [3.8, 4) is 0 Å². The van der Waals surface area contributed by atoms with Crippen molar-refractivity contribution in [2.75, 3.05) is 14.1 Å². The summed E-state index contributed by atoms with van der Waals surface area (Å²) in [6.07, 6.45) is 0. The van der Waals surface area contributed by atoms with Gasteiger partial charge < -0.3 is 15.0 Å². The molecule has 0 spiro atoms. The fraction of sp³-hybridized carbons (Fsp3) is 0.333. The zero-order chi connectivity index (χ0) is 12.3. The summed E-state index contributed by atoms with van der Waals surface area (Å²) in [6, 6.07) is 3.17. The fourth-order valence-electron chi connectivity index (χ4n) is 0.926. The summed E-state index contributed by atoms with van der Waals surface area (Å²) in [5.74, 6) is -0.278. The van der Waals surface area contributed by atoms with Gasteiger partial charge in [-0.2, -0.15) is 0 Å². The smallest absolute Gasteiger partial charge is 0.358 e. The molecule has 1 amide bonds. The molecule has 0 bridgehead atoms. The van der Waals surface area contributed by atoms with Crippen molar-refractivity contribution in [1.29, 1.82) is 0 Å². The third-order valence-electron chi connectivity index (χ3n) is 1.71. The zero-order valence-corrected chi connectivity index (χ0v) is 9.95. The highest BCUT2D eigenvalue weighted by molar-refractivity contribution is 8.13. The van der Waals surface area contributed by atoms with Crippen LogP contribution in [-0.2, 0) is 0 Å². The van der Waals surface area contributed by atoms with Crippen LogP contribution in [0, 0.1) is 17.0 Å². The molecule has 0 fully saturated rings. The Morgan fingerprint density at radius 1 is 1.50 bits per heavy atom. The van der Waals surface area contributed by atoms with Gasteiger partial charge in [0.15, 0.2) is 0 Å². The predicted molar refractivity (Wildman–Crippen MR) is 60.6 cm³/mol. The number of nitrogens with zero attached hydrogens (tertiary/aromatic N) is 3. The average molecular weight is 241 g/mol. The number of nitro groups is 1. The molecule has 0 radical (unpaired) electrons. The molecule has 1 heterocycles. The van der Waals surface area contributed by atoms with Crippen LogP contribution < -0.4 is 0 Å². The quantitative estimate of drug-likeness (QED) is 0.450. The van der Waals surface area contributed by atoms with Crippen LogP contribution in [0.5, 0.6) is 0 Å². The van der Waals surface area contributed by atoms with Gasteiger partial charge in [-0.3, -0.25) is 4.79 Å². The molecular weight excluding hydrogens is 230 g/mol. The number of carbonyl (C=O) groups excluding carboxylic acids is 1. The Labute approximate surface area is 96.8 Å². The first-order chi connectivity index (χ1) is 7.41. The molecule has 6 nitrogen and oxygen atoms in total. The summed E-state index contributed by atoms with van der Waals surface area (Å²) in [5.41, 5.74) is 0.549. The monoisotopic (exact) mass is 241 g/mol. The molecule has 1 aromatic heterocycles. The molecule has 1 rings (SSSR count). The minimum Gasteiger partial charge on any atom is -0.358 e. The summed E-state index contributed by atoms with van der Waals surface area (Å²) in [6.45, 7) is 1.66. The van der Waals surface area contributed by atoms with Crippen LogP contribution in [-0.4, -0.2) is 34.1 Å². The molecule has 0 aliphatic rings. The molecule has 7 heteroatoms. The van der Waals surface area contributed by atoms with Gasteiger partial charge in [-0.15, -0.1) is 0 Å². The van der Waals surface area contributed by atoms with Crippen LogP contribution >= 0.6 is 11.8 Å². The number of rotatable bonds is 2. The lowest BCUT2D eigenvalue weighted by molar-refractivity contribution is -0.392. The van der Waals surface area contributed by atoms with Crippen molar-refractivity contribution in [1.82, 2.24) is 9.88 Å². The van der Waals surface area contributed by atoms with Crippen molar-refractivity contribution in [3.05, 3.63) is 27.9 Å². The fourth-order valence-corrected chi connectivity index (χ4v) is 1.64. The maximum atomic E-state index is 11.4. The molecule has 0 aliphatic heterocycles. The molecule has 1 aromatic rings. The topological polar surface area (TPSA) is 76.3 Å². The lowest BCUT2D eigenvalue weighted by atomic mass is 10.4. The second-order valence-electron chi connectivity index (χ2n) is 3.29. The van der Waals surface area contributed by atoms with E-state index >= 15 is 0 Å². The molecule has 0 aliphatic carbocycles. The molecule has 0 N–H and O–H groups in total. The van der Waals surface area contributed by atoms with Gasteiger partial charge in [0, 0.05) is 21.0 Å². The third kappa shape index (κ3) is 2.93. The number of carbonyl (C=O) groups is 1. The summed E-state index contributed by atoms with van der Waals surface area (Å²) in [4.78, 5) is 27.0. The molecule has 86 valence electrons. The highest BCUT2D eigenvalue weighted by Gasteiger charge is 2.20. The molecule has 0 saturated carbocycles. The van der Waals surface area contributed by atoms with Crippen LogP contribution in [0.4, 0.5) is 10.6 Å². The number of aromatic nitrogens is 1. The SMILES string of the molecule is Cc1ccc(SC(=O)N(C)C)c([N+](=O)[O-])n1. The van der Waals surface area contributed by atoms with E-state index in [0.29, 0.717) is 5.69 Å². The van der Waals surface area contributed by atoms with E-state index in [4.69, 9.17) is 0 Å². The number of pyridine rings is 1. The molecular formula is C9H11N3O3S. The zero-order valence-electron chi connectivity index (χ0n) is 9.13. The van der Waals surface area contributed by atoms with Gasteiger partial charge in [-0.05, 0) is 33.8 Å². The summed E-state index contributed by atoms with van der Waals surface area (Å²) in [7, 11) is 3.17. The molecule has 0 aromatic carbocycles. The van der Waals surface area contributed by atoms with Gasteiger partial charge in [-0.25, -0.2) is 0 Å². The van der Waals surface area contributed by atoms with E-state index in [9.17, 15) is 14.9 Å². The van der Waals surface area contributed by atoms with Gasteiger partial charge in [0.2, 0.25) is 0 Å². The van der Waals surface area contributed by atoms with Crippen LogP contribution in [0.25, 0.3) is 0 Å². The number of amides is 1. The van der Waals surface area contributed by atoms with Gasteiger partial charge >= 0.3 is 5.82 Å². The largest absolute Gasteiger partial charge is 0.377 e. The summed E-state index contributed by atoms with van der Waals surface area (Å²) in [5, 5.41) is 10.5. The summed E-state index contributed by atoms with van der Waals surface area (Å²) >= 11 is 0.798. The minimum absolute atomic E-state index is 0.259. The van der Waals surface area contributed by atoms with Crippen molar-refractivity contribution in [2.45, 2.75) is 11.8 Å². The van der Waals surface area contributed by atoms with E-state index in [-0.39, 0.29) is 16.0 Å². The molecule has 0 unspecified atom stereocenters. The standard InChI is InChI=1S/C9H11N3O3S/c1-6-4-5-7(8(10-6)12(14)15)16-9(13)11(2)3/h4-5H,1-3H3. The number of hydrogen-bond donors (Lipinski definition) is 0. The second-order valence-corrected chi connectivity index (χ2v) is 4.29. The maximum absolute atomic E-state index is 11.4. The van der Waals surface area contributed by atoms with Gasteiger partial charge in [-0.1, -0.05) is 0 Å². The Balaban J connectivity index is 3.04. The first-order valence-electron chi connectivity index (χ1n) is 4.43. The lowest BCUT2D eigenvalue weighted by Gasteiger charge is -2.08. The summed E-state index contributed by atoms with van der Waals surface area (Å²) < 4.78 is 0. The molecule has 16 heavy (non-hydrogen) atoms. The van der Waals surface area contributed by atoms with E-state index in [0.717, 1.165) is 11.8 Å². The first kappa shape index (κ1) is 12.4. The van der Waals surface area contributed by atoms with Crippen molar-refractivity contribution >= 4 is 22.8 Å². The Morgan fingerprint density at radius 2 is 2.12 bits per heavy atom. The third-order valence-corrected chi connectivity index (χ3v) is 2.79. The highest BCUT2D eigenvalue weighted by Crippen LogP contribution is 2.28. The highest BCUT2D eigenvalue weighted by atomic mass is 32.2. The van der Waals surface area contributed by atoms with Crippen LogP contribution in [0.15, 0.2) is 17.0 Å². The Morgan fingerprint density at radius 3 is 2.62 bits per heavy atom. The number of hydrogen-bond acceptors (Lipinski definition) is 5. The van der Waals surface area contributed by atoms with Gasteiger partial charge in [0.05, 0.1) is 0 Å². The molecule has 0 saturated heterocycles. The maximum Gasteiger partial charge on any atom is 0.377 e. The van der Waals surface area contributed by atoms with E-state index in [1.54, 1.807) is 27.1 Å². The Kier molecular flexibility index (Phi) is 3.83. The van der Waals surface area contributed by atoms with Crippen LogP contribution in [0.2, 0.25) is 0 Å². The number of thioether (sulfide) groups is 1. The van der Waals surface area contributed by atoms with Crippen LogP contribution in [0.1, 0.15) is 5.69 Å². The van der Waals surface area contributed by atoms with Gasteiger partial charge in [0.25, 0.3) is 5.24 Å². The normalized spacial score (nSPS) is 9.94. The Hall–Kier alpha value is -1.63. The predicted octanol–water partition coefficient (Wildman–Crippen LogP) is 2.07. The lowest BCUT2D eigenvalue weighted by Crippen LogP contribution is -2.16. The van der Waals surface area contributed by atoms with Crippen LogP contribution in [0.3, 0.4) is 0 Å².